The molecular weight excluding hydrogens is 354 g/mol. The van der Waals surface area contributed by atoms with Gasteiger partial charge in [-0.05, 0) is 69.3 Å². The van der Waals surface area contributed by atoms with Crippen LogP contribution in [-0.2, 0) is 11.3 Å². The van der Waals surface area contributed by atoms with Gasteiger partial charge in [0.15, 0.2) is 11.5 Å². The molecule has 0 radical (unpaired) electrons. The Labute approximate surface area is 168 Å². The standard InChI is InChI=1S/C22H35N3O3/c1-25(2)9-10-28-19-8-7-15(11-20(19)27-3)14-24-22(26)18-12-16-5-4-6-17(13-18)21(16)23/h7-8,11,16-18,21H,4-6,9-10,12-14,23H2,1-3H3,(H,24,26). The second-order valence-corrected chi connectivity index (χ2v) is 8.55. The average molecular weight is 390 g/mol. The van der Waals surface area contributed by atoms with Gasteiger partial charge in [-0.25, -0.2) is 0 Å². The lowest BCUT2D eigenvalue weighted by Crippen LogP contribution is -2.49. The van der Waals surface area contributed by atoms with Crippen LogP contribution in [0.3, 0.4) is 0 Å². The molecule has 156 valence electrons. The number of ether oxygens (including phenoxy) is 2. The number of rotatable bonds is 8. The largest absolute Gasteiger partial charge is 0.493 e. The van der Waals surface area contributed by atoms with Crippen LogP contribution < -0.4 is 20.5 Å². The number of nitrogens with two attached hydrogens (primary N) is 1. The lowest BCUT2D eigenvalue weighted by Gasteiger charge is -2.43. The number of carbonyl (C=O) groups is 1. The number of nitrogens with zero attached hydrogens (tertiary/aromatic N) is 1. The summed E-state index contributed by atoms with van der Waals surface area (Å²) in [6.45, 7) is 1.95. The molecule has 1 aromatic rings. The minimum absolute atomic E-state index is 0.102. The Morgan fingerprint density at radius 2 is 1.93 bits per heavy atom. The van der Waals surface area contributed by atoms with Crippen LogP contribution in [0, 0.1) is 17.8 Å². The molecule has 0 aromatic heterocycles. The first-order valence-corrected chi connectivity index (χ1v) is 10.5. The first-order valence-electron chi connectivity index (χ1n) is 10.5. The van der Waals surface area contributed by atoms with Gasteiger partial charge in [0.2, 0.25) is 5.91 Å². The van der Waals surface area contributed by atoms with E-state index >= 15 is 0 Å². The van der Waals surface area contributed by atoms with Gasteiger partial charge in [-0.1, -0.05) is 12.5 Å². The van der Waals surface area contributed by atoms with Crippen molar-refractivity contribution in [3.8, 4) is 11.5 Å². The van der Waals surface area contributed by atoms with Gasteiger partial charge in [-0.15, -0.1) is 0 Å². The van der Waals surface area contributed by atoms with E-state index in [0.29, 0.717) is 36.8 Å². The Hall–Kier alpha value is -1.79. The molecule has 1 aromatic carbocycles. The third kappa shape index (κ3) is 5.17. The molecule has 28 heavy (non-hydrogen) atoms. The highest BCUT2D eigenvalue weighted by atomic mass is 16.5. The van der Waals surface area contributed by atoms with E-state index in [1.807, 2.05) is 32.3 Å². The number of carbonyl (C=O) groups excluding carboxylic acids is 1. The summed E-state index contributed by atoms with van der Waals surface area (Å²) >= 11 is 0. The number of methoxy groups -OCH3 is 1. The summed E-state index contributed by atoms with van der Waals surface area (Å²) in [5.74, 6) is 2.72. The van der Waals surface area contributed by atoms with Crippen LogP contribution in [-0.4, -0.2) is 51.2 Å². The molecule has 6 nitrogen and oxygen atoms in total. The summed E-state index contributed by atoms with van der Waals surface area (Å²) in [5, 5.41) is 3.12. The van der Waals surface area contributed by atoms with E-state index in [4.69, 9.17) is 15.2 Å². The van der Waals surface area contributed by atoms with Gasteiger partial charge < -0.3 is 25.4 Å². The number of amides is 1. The second kappa shape index (κ2) is 9.61. The zero-order chi connectivity index (χ0) is 20.1. The quantitative estimate of drug-likeness (QED) is 0.714. The maximum absolute atomic E-state index is 12.7. The van der Waals surface area contributed by atoms with Gasteiger partial charge in [0.05, 0.1) is 7.11 Å². The SMILES string of the molecule is COc1cc(CNC(=O)C2CC3CCCC(C2)C3N)ccc1OCCN(C)C. The van der Waals surface area contributed by atoms with Crippen LogP contribution in [0.5, 0.6) is 11.5 Å². The highest BCUT2D eigenvalue weighted by molar-refractivity contribution is 5.78. The van der Waals surface area contributed by atoms with E-state index in [9.17, 15) is 4.79 Å². The molecule has 2 unspecified atom stereocenters. The molecule has 3 N–H and O–H groups in total. The van der Waals surface area contributed by atoms with Crippen molar-refractivity contribution < 1.29 is 14.3 Å². The van der Waals surface area contributed by atoms with Crippen molar-refractivity contribution >= 4 is 5.91 Å². The van der Waals surface area contributed by atoms with Crippen LogP contribution >= 0.6 is 0 Å². The van der Waals surface area contributed by atoms with Crippen molar-refractivity contribution in [1.29, 1.82) is 0 Å². The highest BCUT2D eigenvalue weighted by Gasteiger charge is 2.40. The predicted octanol–water partition coefficient (Wildman–Crippen LogP) is 2.41. The van der Waals surface area contributed by atoms with Gasteiger partial charge in [0.25, 0.3) is 0 Å². The highest BCUT2D eigenvalue weighted by Crippen LogP contribution is 2.41. The van der Waals surface area contributed by atoms with E-state index in [2.05, 4.69) is 10.2 Å². The average Bonchev–Trinajstić information content (AvgIpc) is 2.66. The van der Waals surface area contributed by atoms with E-state index in [1.54, 1.807) is 7.11 Å². The third-order valence-corrected chi connectivity index (χ3v) is 6.27. The van der Waals surface area contributed by atoms with E-state index in [0.717, 1.165) is 30.7 Å². The number of fused-ring (bicyclic) bond motifs is 2. The number of hydrogen-bond donors (Lipinski definition) is 2. The molecule has 0 saturated heterocycles. The summed E-state index contributed by atoms with van der Waals surface area (Å²) in [4.78, 5) is 14.8. The molecule has 6 heteroatoms. The van der Waals surface area contributed by atoms with Crippen molar-refractivity contribution in [2.45, 2.75) is 44.7 Å². The van der Waals surface area contributed by atoms with Gasteiger partial charge in [0.1, 0.15) is 6.61 Å². The zero-order valence-electron chi connectivity index (χ0n) is 17.4. The summed E-state index contributed by atoms with van der Waals surface area (Å²) < 4.78 is 11.3. The molecule has 3 rings (SSSR count). The summed E-state index contributed by atoms with van der Waals surface area (Å²) in [6.07, 6.45) is 5.49. The number of likely N-dealkylation sites (N-methyl/N-ethyl adjacent to an activating group) is 1. The first kappa shape index (κ1) is 20.9. The third-order valence-electron chi connectivity index (χ3n) is 6.27. The van der Waals surface area contributed by atoms with E-state index in [1.165, 1.54) is 19.3 Å². The molecule has 2 saturated carbocycles. The molecule has 2 bridgehead atoms. The van der Waals surface area contributed by atoms with E-state index in [-0.39, 0.29) is 11.8 Å². The maximum Gasteiger partial charge on any atom is 0.223 e. The Bertz CT molecular complexity index is 650. The van der Waals surface area contributed by atoms with E-state index < -0.39 is 0 Å². The fourth-order valence-corrected chi connectivity index (χ4v) is 4.62. The predicted molar refractivity (Wildman–Crippen MR) is 110 cm³/mol. The van der Waals surface area contributed by atoms with Crippen molar-refractivity contribution in [3.63, 3.8) is 0 Å². The van der Waals surface area contributed by atoms with Crippen LogP contribution in [0.15, 0.2) is 18.2 Å². The summed E-state index contributed by atoms with van der Waals surface area (Å²) in [5.41, 5.74) is 7.36. The zero-order valence-corrected chi connectivity index (χ0v) is 17.4. The lowest BCUT2D eigenvalue weighted by atomic mass is 9.65. The van der Waals surface area contributed by atoms with Crippen molar-refractivity contribution in [3.05, 3.63) is 23.8 Å². The van der Waals surface area contributed by atoms with Crippen LogP contribution in [0.1, 0.15) is 37.7 Å². The molecule has 0 aliphatic heterocycles. The molecular formula is C22H35N3O3. The molecule has 1 amide bonds. The molecule has 2 aliphatic rings. The summed E-state index contributed by atoms with van der Waals surface area (Å²) in [6, 6.07) is 6.14. The minimum atomic E-state index is 0.102. The molecule has 0 heterocycles. The normalized spacial score (nSPS) is 26.8. The topological polar surface area (TPSA) is 76.8 Å². The Morgan fingerprint density at radius 1 is 1.21 bits per heavy atom. The second-order valence-electron chi connectivity index (χ2n) is 8.55. The number of nitrogens with one attached hydrogen (secondary N) is 1. The Balaban J connectivity index is 1.53. The fourth-order valence-electron chi connectivity index (χ4n) is 4.62. The van der Waals surface area contributed by atoms with Gasteiger partial charge in [0, 0.05) is 25.0 Å². The van der Waals surface area contributed by atoms with Gasteiger partial charge in [-0.2, -0.15) is 0 Å². The maximum atomic E-state index is 12.7. The smallest absolute Gasteiger partial charge is 0.223 e. The van der Waals surface area contributed by atoms with Crippen LogP contribution in [0.25, 0.3) is 0 Å². The fraction of sp³-hybridized carbons (Fsp3) is 0.682. The minimum Gasteiger partial charge on any atom is -0.493 e. The van der Waals surface area contributed by atoms with Crippen molar-refractivity contribution in [2.24, 2.45) is 23.5 Å². The number of benzene rings is 1. The molecule has 2 fully saturated rings. The lowest BCUT2D eigenvalue weighted by molar-refractivity contribution is -0.128. The molecule has 2 aliphatic carbocycles. The Morgan fingerprint density at radius 3 is 2.57 bits per heavy atom. The monoisotopic (exact) mass is 389 g/mol. The summed E-state index contributed by atoms with van der Waals surface area (Å²) in [7, 11) is 5.67. The Kier molecular flexibility index (Phi) is 7.18. The van der Waals surface area contributed by atoms with Crippen molar-refractivity contribution in [1.82, 2.24) is 10.2 Å². The van der Waals surface area contributed by atoms with Gasteiger partial charge >= 0.3 is 0 Å². The first-order chi connectivity index (χ1) is 13.5. The van der Waals surface area contributed by atoms with Crippen LogP contribution in [0.2, 0.25) is 0 Å². The molecule has 0 spiro atoms. The van der Waals surface area contributed by atoms with Crippen LogP contribution in [0.4, 0.5) is 0 Å². The molecule has 2 atom stereocenters. The van der Waals surface area contributed by atoms with Crippen molar-refractivity contribution in [2.75, 3.05) is 34.4 Å². The van der Waals surface area contributed by atoms with Gasteiger partial charge in [-0.3, -0.25) is 4.79 Å². The number of hydrogen-bond acceptors (Lipinski definition) is 5.